The van der Waals surface area contributed by atoms with Crippen molar-refractivity contribution in [2.24, 2.45) is 0 Å². The summed E-state index contributed by atoms with van der Waals surface area (Å²) in [5.41, 5.74) is 0.213. The quantitative estimate of drug-likeness (QED) is 0.782. The highest BCUT2D eigenvalue weighted by Crippen LogP contribution is 2.35. The van der Waals surface area contributed by atoms with E-state index in [1.165, 1.54) is 6.08 Å². The van der Waals surface area contributed by atoms with Gasteiger partial charge in [0.05, 0.1) is 16.7 Å². The molecule has 1 heterocycles. The molecule has 5 heteroatoms. The van der Waals surface area contributed by atoms with Crippen molar-refractivity contribution >= 4 is 11.9 Å². The average Bonchev–Trinajstić information content (AvgIpc) is 2.38. The van der Waals surface area contributed by atoms with Crippen LogP contribution in [0.1, 0.15) is 19.4 Å². The maximum absolute atomic E-state index is 11.5. The summed E-state index contributed by atoms with van der Waals surface area (Å²) in [6.07, 6.45) is 1.23. The highest BCUT2D eigenvalue weighted by Gasteiger charge is 2.39. The number of allylic oxidation sites excluding steroid dienone is 1. The van der Waals surface area contributed by atoms with Gasteiger partial charge < -0.3 is 15.5 Å². The van der Waals surface area contributed by atoms with E-state index in [0.29, 0.717) is 5.70 Å². The molecule has 104 valence electrons. The maximum atomic E-state index is 11.5. The fourth-order valence-electron chi connectivity index (χ4n) is 2.40. The lowest BCUT2D eigenvalue weighted by Crippen LogP contribution is -2.45. The third kappa shape index (κ3) is 2.18. The lowest BCUT2D eigenvalue weighted by molar-refractivity contribution is -0.133. The van der Waals surface area contributed by atoms with Gasteiger partial charge in [0.25, 0.3) is 0 Å². The van der Waals surface area contributed by atoms with Crippen molar-refractivity contribution in [1.29, 1.82) is 0 Å². The van der Waals surface area contributed by atoms with Crippen LogP contribution in [0.25, 0.3) is 0 Å². The summed E-state index contributed by atoms with van der Waals surface area (Å²) >= 11 is 0. The first-order valence-electron chi connectivity index (χ1n) is 6.09. The Balaban J connectivity index is 2.60. The highest BCUT2D eigenvalue weighted by atomic mass is 16.4. The fourth-order valence-corrected chi connectivity index (χ4v) is 2.40. The summed E-state index contributed by atoms with van der Waals surface area (Å²) in [5, 5.41) is 21.5. The van der Waals surface area contributed by atoms with Gasteiger partial charge in [-0.05, 0) is 25.5 Å². The van der Waals surface area contributed by atoms with Crippen LogP contribution in [-0.2, 0) is 15.1 Å². The number of carboxylic acid groups (broad SMARTS) is 2. The fraction of sp³-hybridized carbons (Fsp3) is 0.200. The number of hydrogen-bond donors (Lipinski definition) is 3. The number of aliphatic carboxylic acids is 2. The third-order valence-corrected chi connectivity index (χ3v) is 3.48. The van der Waals surface area contributed by atoms with E-state index in [1.54, 1.807) is 13.8 Å². The van der Waals surface area contributed by atoms with E-state index in [0.717, 1.165) is 5.56 Å². The van der Waals surface area contributed by atoms with Crippen molar-refractivity contribution in [1.82, 2.24) is 5.32 Å². The number of carbonyl (C=O) groups is 2. The molecule has 20 heavy (non-hydrogen) atoms. The molecule has 0 saturated carbocycles. The second-order valence-electron chi connectivity index (χ2n) is 4.82. The smallest absolute Gasteiger partial charge is 0.337 e. The number of nitrogens with one attached hydrogen (secondary N) is 1. The third-order valence-electron chi connectivity index (χ3n) is 3.48. The van der Waals surface area contributed by atoms with Crippen LogP contribution in [0.3, 0.4) is 0 Å². The normalized spacial score (nSPS) is 22.0. The molecule has 0 spiro atoms. The van der Waals surface area contributed by atoms with Gasteiger partial charge in [-0.25, -0.2) is 9.59 Å². The van der Waals surface area contributed by atoms with Crippen LogP contribution in [0.2, 0.25) is 0 Å². The first-order valence-corrected chi connectivity index (χ1v) is 6.09. The second-order valence-corrected chi connectivity index (χ2v) is 4.82. The minimum absolute atomic E-state index is 0.00620. The Kier molecular flexibility index (Phi) is 3.36. The van der Waals surface area contributed by atoms with Crippen molar-refractivity contribution in [3.8, 4) is 0 Å². The number of hydrogen-bond acceptors (Lipinski definition) is 3. The number of benzene rings is 1. The lowest BCUT2D eigenvalue weighted by atomic mass is 9.80. The van der Waals surface area contributed by atoms with Crippen LogP contribution < -0.4 is 5.32 Å². The van der Waals surface area contributed by atoms with Gasteiger partial charge in [0, 0.05) is 5.70 Å². The zero-order valence-electron chi connectivity index (χ0n) is 11.2. The summed E-state index contributed by atoms with van der Waals surface area (Å²) in [4.78, 5) is 22.6. The molecule has 2 rings (SSSR count). The molecule has 0 fully saturated rings. The zero-order chi connectivity index (χ0) is 14.9. The molecular formula is C15H15NO4. The van der Waals surface area contributed by atoms with Crippen molar-refractivity contribution in [2.75, 3.05) is 0 Å². The van der Waals surface area contributed by atoms with Gasteiger partial charge in [0.1, 0.15) is 0 Å². The Labute approximate surface area is 116 Å². The molecule has 0 aromatic heterocycles. The number of carboxylic acids is 2. The van der Waals surface area contributed by atoms with Crippen LogP contribution in [0, 0.1) is 0 Å². The van der Waals surface area contributed by atoms with Crippen molar-refractivity contribution in [3.63, 3.8) is 0 Å². The van der Waals surface area contributed by atoms with Crippen molar-refractivity contribution in [3.05, 3.63) is 58.8 Å². The van der Waals surface area contributed by atoms with E-state index in [1.807, 2.05) is 30.3 Å². The second kappa shape index (κ2) is 4.85. The average molecular weight is 273 g/mol. The van der Waals surface area contributed by atoms with Gasteiger partial charge in [-0.2, -0.15) is 0 Å². The van der Waals surface area contributed by atoms with E-state index in [9.17, 15) is 14.7 Å². The topological polar surface area (TPSA) is 86.6 Å². The van der Waals surface area contributed by atoms with Crippen LogP contribution in [0.5, 0.6) is 0 Å². The predicted octanol–water partition coefficient (Wildman–Crippen LogP) is 1.87. The van der Waals surface area contributed by atoms with E-state index < -0.39 is 17.5 Å². The molecular weight excluding hydrogens is 258 g/mol. The van der Waals surface area contributed by atoms with Gasteiger partial charge in [-0.1, -0.05) is 30.3 Å². The molecule has 1 aliphatic heterocycles. The lowest BCUT2D eigenvalue weighted by Gasteiger charge is -2.36. The Morgan fingerprint density at radius 3 is 2.20 bits per heavy atom. The summed E-state index contributed by atoms with van der Waals surface area (Å²) in [5.74, 6) is -2.29. The van der Waals surface area contributed by atoms with Crippen molar-refractivity contribution < 1.29 is 19.8 Å². The van der Waals surface area contributed by atoms with Gasteiger partial charge in [-0.3, -0.25) is 0 Å². The standard InChI is InChI=1S/C15H15NO4/c1-9-11(13(17)18)8-12(14(19)20)15(2,16-9)10-6-4-3-5-7-10/h3-8,16H,1-2H3,(H,17,18)(H,19,20). The number of dihydropyridines is 1. The van der Waals surface area contributed by atoms with Crippen LogP contribution in [0.4, 0.5) is 0 Å². The summed E-state index contributed by atoms with van der Waals surface area (Å²) < 4.78 is 0. The molecule has 0 radical (unpaired) electrons. The van der Waals surface area contributed by atoms with E-state index >= 15 is 0 Å². The molecule has 3 N–H and O–H groups in total. The molecule has 0 aliphatic carbocycles. The zero-order valence-corrected chi connectivity index (χ0v) is 11.2. The molecule has 1 atom stereocenters. The monoisotopic (exact) mass is 273 g/mol. The van der Waals surface area contributed by atoms with E-state index in [2.05, 4.69) is 5.32 Å². The Bertz CT molecular complexity index is 631. The van der Waals surface area contributed by atoms with Gasteiger partial charge in [0.2, 0.25) is 0 Å². The first-order chi connectivity index (χ1) is 9.36. The summed E-state index contributed by atoms with van der Waals surface area (Å²) in [6.45, 7) is 3.35. The Morgan fingerprint density at radius 1 is 1.10 bits per heavy atom. The number of rotatable bonds is 3. The summed E-state index contributed by atoms with van der Waals surface area (Å²) in [7, 11) is 0. The maximum Gasteiger partial charge on any atom is 0.337 e. The van der Waals surface area contributed by atoms with Gasteiger partial charge in [0.15, 0.2) is 0 Å². The molecule has 0 saturated heterocycles. The molecule has 5 nitrogen and oxygen atoms in total. The van der Waals surface area contributed by atoms with Crippen LogP contribution in [0.15, 0.2) is 53.3 Å². The highest BCUT2D eigenvalue weighted by molar-refractivity contribution is 5.97. The molecule has 1 aliphatic rings. The molecule has 1 aromatic rings. The Hall–Kier alpha value is -2.56. The van der Waals surface area contributed by atoms with Crippen molar-refractivity contribution in [2.45, 2.75) is 19.4 Å². The van der Waals surface area contributed by atoms with E-state index in [4.69, 9.17) is 5.11 Å². The predicted molar refractivity (Wildman–Crippen MR) is 73.0 cm³/mol. The minimum atomic E-state index is -1.15. The molecule has 0 amide bonds. The van der Waals surface area contributed by atoms with Crippen LogP contribution in [-0.4, -0.2) is 22.2 Å². The van der Waals surface area contributed by atoms with Crippen LogP contribution >= 0.6 is 0 Å². The molecule has 1 unspecified atom stereocenters. The minimum Gasteiger partial charge on any atom is -0.478 e. The molecule has 1 aromatic carbocycles. The summed E-state index contributed by atoms with van der Waals surface area (Å²) in [6, 6.07) is 9.08. The Morgan fingerprint density at radius 2 is 1.70 bits per heavy atom. The van der Waals surface area contributed by atoms with E-state index in [-0.39, 0.29) is 11.1 Å². The molecule has 0 bridgehead atoms. The first kappa shape index (κ1) is 13.9. The van der Waals surface area contributed by atoms with Gasteiger partial charge >= 0.3 is 11.9 Å². The van der Waals surface area contributed by atoms with Gasteiger partial charge in [-0.15, -0.1) is 0 Å². The SMILES string of the molecule is CC1=C(C(=O)O)C=C(C(=O)O)C(C)(c2ccccc2)N1. The largest absolute Gasteiger partial charge is 0.478 e.